The zero-order chi connectivity index (χ0) is 11.1. The highest BCUT2D eigenvalue weighted by Crippen LogP contribution is 2.25. The Morgan fingerprint density at radius 2 is 1.73 bits per heavy atom. The lowest BCUT2D eigenvalue weighted by atomic mass is 9.95. The fraction of sp³-hybridized carbons (Fsp3) is 0.917. The summed E-state index contributed by atoms with van der Waals surface area (Å²) in [7, 11) is 0. The Labute approximate surface area is 92.4 Å². The number of piperidine rings is 1. The molecular formula is C12H22N2O. The molecule has 0 saturated carbocycles. The van der Waals surface area contributed by atoms with Gasteiger partial charge >= 0.3 is 0 Å². The van der Waals surface area contributed by atoms with Crippen molar-refractivity contribution in [3.05, 3.63) is 0 Å². The Balaban J connectivity index is 1.84. The zero-order valence-electron chi connectivity index (χ0n) is 10.1. The van der Waals surface area contributed by atoms with Crippen molar-refractivity contribution in [1.82, 2.24) is 9.80 Å². The van der Waals surface area contributed by atoms with Gasteiger partial charge in [-0.3, -0.25) is 9.69 Å². The minimum atomic E-state index is 0.282. The first-order chi connectivity index (χ1) is 6.98. The van der Waals surface area contributed by atoms with Gasteiger partial charge in [0, 0.05) is 37.6 Å². The van der Waals surface area contributed by atoms with Gasteiger partial charge in [0.15, 0.2) is 0 Å². The van der Waals surface area contributed by atoms with Crippen LogP contribution in [0.25, 0.3) is 0 Å². The lowest BCUT2D eigenvalue weighted by molar-refractivity contribution is -0.144. The van der Waals surface area contributed by atoms with Crippen molar-refractivity contribution in [2.75, 3.05) is 19.6 Å². The predicted molar refractivity (Wildman–Crippen MR) is 60.7 cm³/mol. The van der Waals surface area contributed by atoms with E-state index in [-0.39, 0.29) is 5.54 Å². The van der Waals surface area contributed by atoms with Crippen LogP contribution in [0.4, 0.5) is 0 Å². The molecule has 15 heavy (non-hydrogen) atoms. The molecule has 0 spiro atoms. The third kappa shape index (κ3) is 2.17. The Bertz CT molecular complexity index is 249. The Morgan fingerprint density at radius 1 is 1.13 bits per heavy atom. The van der Waals surface area contributed by atoms with Crippen LogP contribution in [0.15, 0.2) is 0 Å². The van der Waals surface area contributed by atoms with Gasteiger partial charge in [-0.25, -0.2) is 0 Å². The number of carbonyl (C=O) groups excluding carboxylic acids is 1. The second-order valence-corrected chi connectivity index (χ2v) is 5.73. The SMILES string of the molecule is CC(C)(C)N1CCC(N2CCC2=O)CC1. The molecule has 2 aliphatic rings. The highest BCUT2D eigenvalue weighted by molar-refractivity contribution is 5.82. The van der Waals surface area contributed by atoms with Gasteiger partial charge in [0.05, 0.1) is 0 Å². The quantitative estimate of drug-likeness (QED) is 0.612. The third-order valence-corrected chi connectivity index (χ3v) is 3.74. The molecule has 0 bridgehead atoms. The van der Waals surface area contributed by atoms with E-state index in [1.807, 2.05) is 0 Å². The van der Waals surface area contributed by atoms with Crippen LogP contribution in [0.3, 0.4) is 0 Å². The monoisotopic (exact) mass is 210 g/mol. The van der Waals surface area contributed by atoms with Gasteiger partial charge in [-0.1, -0.05) is 0 Å². The van der Waals surface area contributed by atoms with Crippen molar-refractivity contribution < 1.29 is 4.79 Å². The number of hydrogen-bond acceptors (Lipinski definition) is 2. The number of carbonyl (C=O) groups is 1. The summed E-state index contributed by atoms with van der Waals surface area (Å²) in [6, 6.07) is 0.532. The molecule has 0 atom stereocenters. The molecule has 1 amide bonds. The van der Waals surface area contributed by atoms with Crippen molar-refractivity contribution >= 4 is 5.91 Å². The maximum absolute atomic E-state index is 11.3. The Morgan fingerprint density at radius 3 is 2.07 bits per heavy atom. The highest BCUT2D eigenvalue weighted by atomic mass is 16.2. The van der Waals surface area contributed by atoms with Crippen LogP contribution in [-0.2, 0) is 4.79 Å². The number of nitrogens with zero attached hydrogens (tertiary/aromatic N) is 2. The zero-order valence-corrected chi connectivity index (χ0v) is 10.1. The maximum atomic E-state index is 11.3. The second-order valence-electron chi connectivity index (χ2n) is 5.73. The van der Waals surface area contributed by atoms with Crippen LogP contribution >= 0.6 is 0 Å². The second kappa shape index (κ2) is 3.78. The van der Waals surface area contributed by atoms with E-state index in [1.165, 1.54) is 0 Å². The summed E-state index contributed by atoms with van der Waals surface area (Å²) in [6.07, 6.45) is 3.09. The third-order valence-electron chi connectivity index (χ3n) is 3.74. The molecule has 2 fully saturated rings. The van der Waals surface area contributed by atoms with Crippen molar-refractivity contribution in [2.45, 2.75) is 51.6 Å². The first kappa shape index (κ1) is 10.9. The lowest BCUT2D eigenvalue weighted by Crippen LogP contribution is -2.56. The molecule has 0 unspecified atom stereocenters. The largest absolute Gasteiger partial charge is 0.339 e. The molecule has 2 aliphatic heterocycles. The van der Waals surface area contributed by atoms with E-state index >= 15 is 0 Å². The number of β-lactam (4-membered cyclic amide) rings is 1. The summed E-state index contributed by atoms with van der Waals surface area (Å²) in [5.74, 6) is 0.365. The van der Waals surface area contributed by atoms with Crippen LogP contribution in [0.5, 0.6) is 0 Å². The molecular weight excluding hydrogens is 188 g/mol. The fourth-order valence-electron chi connectivity index (χ4n) is 2.57. The first-order valence-corrected chi connectivity index (χ1v) is 6.03. The van der Waals surface area contributed by atoms with E-state index in [1.54, 1.807) is 0 Å². The van der Waals surface area contributed by atoms with Gasteiger partial charge < -0.3 is 4.90 Å². The molecule has 2 rings (SSSR count). The normalized spacial score (nSPS) is 25.5. The van der Waals surface area contributed by atoms with Crippen LogP contribution in [0.2, 0.25) is 0 Å². The van der Waals surface area contributed by atoms with Crippen LogP contribution in [-0.4, -0.2) is 46.9 Å². The maximum Gasteiger partial charge on any atom is 0.224 e. The molecule has 2 heterocycles. The first-order valence-electron chi connectivity index (χ1n) is 6.03. The van der Waals surface area contributed by atoms with Gasteiger partial charge in [-0.15, -0.1) is 0 Å². The Hall–Kier alpha value is -0.570. The molecule has 0 aromatic heterocycles. The van der Waals surface area contributed by atoms with Crippen molar-refractivity contribution in [3.63, 3.8) is 0 Å². The van der Waals surface area contributed by atoms with E-state index in [0.29, 0.717) is 11.9 Å². The van der Waals surface area contributed by atoms with E-state index in [4.69, 9.17) is 0 Å². The van der Waals surface area contributed by atoms with Crippen LogP contribution in [0, 0.1) is 0 Å². The summed E-state index contributed by atoms with van der Waals surface area (Å²) in [4.78, 5) is 15.9. The molecule has 0 aliphatic carbocycles. The highest BCUT2D eigenvalue weighted by Gasteiger charge is 2.35. The number of rotatable bonds is 1. The van der Waals surface area contributed by atoms with Gasteiger partial charge in [0.25, 0.3) is 0 Å². The average molecular weight is 210 g/mol. The molecule has 0 aromatic carbocycles. The molecule has 0 aromatic rings. The van der Waals surface area contributed by atoms with Gasteiger partial charge in [0.1, 0.15) is 0 Å². The number of likely N-dealkylation sites (tertiary alicyclic amines) is 2. The van der Waals surface area contributed by atoms with Crippen molar-refractivity contribution in [1.29, 1.82) is 0 Å². The molecule has 3 nitrogen and oxygen atoms in total. The van der Waals surface area contributed by atoms with Crippen molar-refractivity contribution in [3.8, 4) is 0 Å². The van der Waals surface area contributed by atoms with Gasteiger partial charge in [0.2, 0.25) is 5.91 Å². The molecule has 86 valence electrons. The number of hydrogen-bond donors (Lipinski definition) is 0. The van der Waals surface area contributed by atoms with E-state index < -0.39 is 0 Å². The summed E-state index contributed by atoms with van der Waals surface area (Å²) < 4.78 is 0. The number of amides is 1. The standard InChI is InChI=1S/C12H22N2O/c1-12(2,3)13-7-4-10(5-8-13)14-9-6-11(14)15/h10H,4-9H2,1-3H3. The summed E-state index contributed by atoms with van der Waals surface area (Å²) in [5.41, 5.74) is 0.282. The van der Waals surface area contributed by atoms with E-state index in [2.05, 4.69) is 30.6 Å². The lowest BCUT2D eigenvalue weighted by Gasteiger charge is -2.46. The Kier molecular flexibility index (Phi) is 2.75. The minimum Gasteiger partial charge on any atom is -0.339 e. The van der Waals surface area contributed by atoms with Crippen molar-refractivity contribution in [2.24, 2.45) is 0 Å². The summed E-state index contributed by atoms with van der Waals surface area (Å²) in [5, 5.41) is 0. The molecule has 3 heteroatoms. The molecule has 0 radical (unpaired) electrons. The van der Waals surface area contributed by atoms with Gasteiger partial charge in [-0.05, 0) is 33.6 Å². The topological polar surface area (TPSA) is 23.6 Å². The van der Waals surface area contributed by atoms with Crippen LogP contribution in [0.1, 0.15) is 40.0 Å². The minimum absolute atomic E-state index is 0.282. The summed E-state index contributed by atoms with van der Waals surface area (Å²) >= 11 is 0. The van der Waals surface area contributed by atoms with E-state index in [0.717, 1.165) is 38.9 Å². The van der Waals surface area contributed by atoms with Gasteiger partial charge in [-0.2, -0.15) is 0 Å². The summed E-state index contributed by atoms with van der Waals surface area (Å²) in [6.45, 7) is 10.1. The van der Waals surface area contributed by atoms with E-state index in [9.17, 15) is 4.79 Å². The van der Waals surface area contributed by atoms with Crippen LogP contribution < -0.4 is 0 Å². The molecule has 2 saturated heterocycles. The fourth-order valence-corrected chi connectivity index (χ4v) is 2.57. The smallest absolute Gasteiger partial charge is 0.224 e. The predicted octanol–water partition coefficient (Wildman–Crippen LogP) is 1.48. The average Bonchev–Trinajstić information content (AvgIpc) is 2.15. The molecule has 0 N–H and O–H groups in total.